The number of aliphatic hydroxyl groups excluding tert-OH is 2. The Morgan fingerprint density at radius 3 is 2.40 bits per heavy atom. The molecule has 30 heavy (non-hydrogen) atoms. The lowest BCUT2D eigenvalue weighted by atomic mass is 9.85. The van der Waals surface area contributed by atoms with Crippen molar-refractivity contribution in [3.63, 3.8) is 0 Å². The van der Waals surface area contributed by atoms with Crippen molar-refractivity contribution in [1.82, 2.24) is 0 Å². The van der Waals surface area contributed by atoms with Crippen LogP contribution in [0.4, 0.5) is 8.78 Å². The van der Waals surface area contributed by atoms with Crippen LogP contribution >= 0.6 is 0 Å². The van der Waals surface area contributed by atoms with Crippen molar-refractivity contribution in [3.8, 4) is 0 Å². The molecule has 0 bridgehead atoms. The highest BCUT2D eigenvalue weighted by Crippen LogP contribution is 2.39. The summed E-state index contributed by atoms with van der Waals surface area (Å²) in [5.74, 6) is -5.15. The Balaban J connectivity index is 2.41. The van der Waals surface area contributed by atoms with Crippen molar-refractivity contribution in [2.75, 3.05) is 7.11 Å². The largest absolute Gasteiger partial charge is 0.469 e. The van der Waals surface area contributed by atoms with Crippen molar-refractivity contribution < 1.29 is 33.3 Å². The van der Waals surface area contributed by atoms with Crippen molar-refractivity contribution in [2.45, 2.75) is 102 Å². The summed E-state index contributed by atoms with van der Waals surface area (Å²) in [7, 11) is 1.38. The molecule has 0 amide bonds. The first-order valence-corrected chi connectivity index (χ1v) is 11.2. The molecular formula is C23H38F2O5. The zero-order valence-corrected chi connectivity index (χ0v) is 18.3. The number of methoxy groups -OCH3 is 1. The van der Waals surface area contributed by atoms with Gasteiger partial charge >= 0.3 is 11.9 Å². The van der Waals surface area contributed by atoms with Gasteiger partial charge in [0.15, 0.2) is 0 Å². The highest BCUT2D eigenvalue weighted by molar-refractivity contribution is 5.85. The third kappa shape index (κ3) is 9.21. The van der Waals surface area contributed by atoms with Gasteiger partial charge in [-0.1, -0.05) is 31.9 Å². The second-order valence-electron chi connectivity index (χ2n) is 8.35. The summed E-state index contributed by atoms with van der Waals surface area (Å²) in [5.41, 5.74) is 0. The van der Waals surface area contributed by atoms with Crippen LogP contribution in [0.5, 0.6) is 0 Å². The Hall–Kier alpha value is -1.34. The van der Waals surface area contributed by atoms with Crippen molar-refractivity contribution >= 4 is 11.8 Å². The number of esters is 1. The number of Topliss-reactive ketones (excluding diaryl/α,β-unsaturated/α-hetero) is 1. The van der Waals surface area contributed by atoms with E-state index in [-0.39, 0.29) is 37.1 Å². The molecule has 0 radical (unpaired) electrons. The lowest BCUT2D eigenvalue weighted by Crippen LogP contribution is -2.30. The molecule has 174 valence electrons. The number of hydrogen-bond donors (Lipinski definition) is 2. The molecule has 0 unspecified atom stereocenters. The number of carbonyl (C=O) groups excluding carboxylic acids is 2. The molecule has 1 aliphatic carbocycles. The highest BCUT2D eigenvalue weighted by atomic mass is 19.3. The fraction of sp³-hybridized carbons (Fsp3) is 0.826. The van der Waals surface area contributed by atoms with Crippen LogP contribution in [-0.2, 0) is 14.3 Å². The topological polar surface area (TPSA) is 83.8 Å². The van der Waals surface area contributed by atoms with Gasteiger partial charge in [0.05, 0.1) is 19.3 Å². The van der Waals surface area contributed by atoms with E-state index in [9.17, 15) is 28.6 Å². The number of hydrogen-bond acceptors (Lipinski definition) is 5. The first-order chi connectivity index (χ1) is 14.2. The number of unbranched alkanes of at least 4 members (excludes halogenated alkanes) is 4. The van der Waals surface area contributed by atoms with Gasteiger partial charge in [-0.05, 0) is 56.8 Å². The van der Waals surface area contributed by atoms with E-state index in [4.69, 9.17) is 0 Å². The Labute approximate surface area is 178 Å². The summed E-state index contributed by atoms with van der Waals surface area (Å²) >= 11 is 0. The molecule has 0 aromatic carbocycles. The van der Waals surface area contributed by atoms with Crippen molar-refractivity contribution in [3.05, 3.63) is 12.2 Å². The number of rotatable bonds is 15. The van der Waals surface area contributed by atoms with Crippen LogP contribution in [0, 0.1) is 11.8 Å². The minimum Gasteiger partial charge on any atom is -0.469 e. The molecule has 0 aliphatic heterocycles. The van der Waals surface area contributed by atoms with Gasteiger partial charge in [0.2, 0.25) is 5.78 Å². The summed E-state index contributed by atoms with van der Waals surface area (Å²) in [6.07, 6.45) is 7.57. The zero-order chi connectivity index (χ0) is 22.6. The zero-order valence-electron chi connectivity index (χ0n) is 18.3. The Morgan fingerprint density at radius 2 is 1.73 bits per heavy atom. The van der Waals surface area contributed by atoms with Crippen LogP contribution in [0.2, 0.25) is 0 Å². The second kappa shape index (κ2) is 13.9. The molecule has 1 aliphatic rings. The number of allylic oxidation sites excluding steroid dienone is 2. The number of halogens is 2. The van der Waals surface area contributed by atoms with Gasteiger partial charge in [0.25, 0.3) is 0 Å². The Kier molecular flexibility index (Phi) is 12.3. The predicted octanol–water partition coefficient (Wildman–Crippen LogP) is 4.59. The fourth-order valence-electron chi connectivity index (χ4n) is 4.11. The van der Waals surface area contributed by atoms with Crippen LogP contribution < -0.4 is 0 Å². The van der Waals surface area contributed by atoms with Crippen molar-refractivity contribution in [1.29, 1.82) is 0 Å². The molecule has 0 aromatic heterocycles. The van der Waals surface area contributed by atoms with Crippen molar-refractivity contribution in [2.24, 2.45) is 11.8 Å². The van der Waals surface area contributed by atoms with E-state index in [2.05, 4.69) is 4.74 Å². The maximum atomic E-state index is 13.9. The van der Waals surface area contributed by atoms with E-state index < -0.39 is 30.3 Å². The molecule has 0 spiro atoms. The number of ketones is 1. The van der Waals surface area contributed by atoms with Crippen LogP contribution in [0.15, 0.2) is 12.2 Å². The van der Waals surface area contributed by atoms with Gasteiger partial charge < -0.3 is 14.9 Å². The lowest BCUT2D eigenvalue weighted by Gasteiger charge is -2.23. The third-order valence-corrected chi connectivity index (χ3v) is 6.03. The van der Waals surface area contributed by atoms with E-state index in [1.807, 2.05) is 12.2 Å². The van der Waals surface area contributed by atoms with Gasteiger partial charge in [-0.15, -0.1) is 0 Å². The standard InChI is InChI=1S/C23H38F2O5/c1-3-4-15-23(24,25)21(28)14-13-18-17(19(26)16-20(18)27)11-9-7-5-6-8-10-12-22(29)30-2/h7,9,17-20,26-27H,3-6,8,10-16H2,1-2H3/t17-,18-,19+,20-/m1/s1. The van der Waals surface area contributed by atoms with Gasteiger partial charge in [-0.3, -0.25) is 9.59 Å². The normalized spacial score (nSPS) is 24.5. The SMILES string of the molecule is CCCCC(F)(F)C(=O)CC[C@@H]1[C@@H](CC=CCCCCCC(=O)OC)[C@@H](O)C[C@H]1O. The van der Waals surface area contributed by atoms with Gasteiger partial charge in [0.1, 0.15) is 0 Å². The van der Waals surface area contributed by atoms with E-state index in [0.29, 0.717) is 25.7 Å². The first kappa shape index (κ1) is 26.7. The molecule has 2 N–H and O–H groups in total. The van der Waals surface area contributed by atoms with Crippen LogP contribution in [0.1, 0.15) is 84.0 Å². The Bertz CT molecular complexity index is 550. The third-order valence-electron chi connectivity index (χ3n) is 6.03. The summed E-state index contributed by atoms with van der Waals surface area (Å²) in [6.45, 7) is 1.80. The lowest BCUT2D eigenvalue weighted by molar-refractivity contribution is -0.144. The first-order valence-electron chi connectivity index (χ1n) is 11.2. The maximum Gasteiger partial charge on any atom is 0.305 e. The van der Waals surface area contributed by atoms with Gasteiger partial charge in [-0.25, -0.2) is 0 Å². The fourth-order valence-corrected chi connectivity index (χ4v) is 4.11. The summed E-state index contributed by atoms with van der Waals surface area (Å²) < 4.78 is 32.4. The molecule has 0 aromatic rings. The average molecular weight is 433 g/mol. The van der Waals surface area contributed by atoms with E-state index in [0.717, 1.165) is 25.7 Å². The molecule has 0 saturated heterocycles. The van der Waals surface area contributed by atoms with E-state index in [1.165, 1.54) is 7.11 Å². The molecule has 5 nitrogen and oxygen atoms in total. The molecule has 4 atom stereocenters. The van der Waals surface area contributed by atoms with Crippen LogP contribution in [0.3, 0.4) is 0 Å². The Morgan fingerprint density at radius 1 is 1.03 bits per heavy atom. The van der Waals surface area contributed by atoms with E-state index in [1.54, 1.807) is 6.92 Å². The number of alkyl halides is 2. The summed E-state index contributed by atoms with van der Waals surface area (Å²) in [6, 6.07) is 0. The number of aliphatic hydroxyl groups is 2. The summed E-state index contributed by atoms with van der Waals surface area (Å²) in [5, 5.41) is 20.5. The van der Waals surface area contributed by atoms with E-state index >= 15 is 0 Å². The molecule has 1 saturated carbocycles. The maximum absolute atomic E-state index is 13.9. The monoisotopic (exact) mass is 432 g/mol. The molecule has 1 fully saturated rings. The smallest absolute Gasteiger partial charge is 0.305 e. The van der Waals surface area contributed by atoms with Crippen LogP contribution in [0.25, 0.3) is 0 Å². The average Bonchev–Trinajstić information content (AvgIpc) is 2.98. The molecule has 0 heterocycles. The minimum absolute atomic E-state index is 0.171. The number of ether oxygens (including phenoxy) is 1. The van der Waals surface area contributed by atoms with Crippen LogP contribution in [-0.4, -0.2) is 47.2 Å². The highest BCUT2D eigenvalue weighted by Gasteiger charge is 2.43. The second-order valence-corrected chi connectivity index (χ2v) is 8.35. The molecular weight excluding hydrogens is 394 g/mol. The minimum atomic E-state index is -3.30. The van der Waals surface area contributed by atoms with Gasteiger partial charge in [-0.2, -0.15) is 8.78 Å². The summed E-state index contributed by atoms with van der Waals surface area (Å²) in [4.78, 5) is 23.0. The number of carbonyl (C=O) groups is 2. The van der Waals surface area contributed by atoms with Gasteiger partial charge in [0, 0.05) is 19.3 Å². The predicted molar refractivity (Wildman–Crippen MR) is 111 cm³/mol. The quantitative estimate of drug-likeness (QED) is 0.225. The molecule has 7 heteroatoms. The molecule has 1 rings (SSSR count).